The van der Waals surface area contributed by atoms with Crippen molar-refractivity contribution in [3.8, 4) is 6.07 Å². The lowest BCUT2D eigenvalue weighted by Crippen LogP contribution is -2.32. The van der Waals surface area contributed by atoms with Crippen LogP contribution in [0, 0.1) is 17.2 Å². The molecule has 92 valence electrons. The Morgan fingerprint density at radius 2 is 2.29 bits per heavy atom. The summed E-state index contributed by atoms with van der Waals surface area (Å²) in [7, 11) is -3.45. The van der Waals surface area contributed by atoms with Gasteiger partial charge in [-0.05, 0) is 31.4 Å². The van der Waals surface area contributed by atoms with Crippen molar-refractivity contribution >= 4 is 21.4 Å². The molecule has 1 N–H and O–H groups in total. The van der Waals surface area contributed by atoms with Crippen molar-refractivity contribution in [2.24, 2.45) is 5.92 Å². The van der Waals surface area contributed by atoms with Gasteiger partial charge in [-0.25, -0.2) is 13.1 Å². The Labute approximate surface area is 105 Å². The first-order valence-electron chi connectivity index (χ1n) is 5.53. The van der Waals surface area contributed by atoms with Gasteiger partial charge in [-0.15, -0.1) is 11.3 Å². The molecule has 4 nitrogen and oxygen atoms in total. The van der Waals surface area contributed by atoms with Crippen molar-refractivity contribution < 1.29 is 8.42 Å². The predicted molar refractivity (Wildman–Crippen MR) is 66.2 cm³/mol. The fraction of sp³-hybridized carbons (Fsp3) is 0.545. The number of rotatable bonds is 5. The van der Waals surface area contributed by atoms with Crippen LogP contribution >= 0.6 is 11.3 Å². The molecule has 0 bridgehead atoms. The van der Waals surface area contributed by atoms with E-state index in [1.165, 1.54) is 25.0 Å². The van der Waals surface area contributed by atoms with Gasteiger partial charge in [-0.3, -0.25) is 0 Å². The van der Waals surface area contributed by atoms with Crippen molar-refractivity contribution in [3.63, 3.8) is 0 Å². The number of nitriles is 1. The molecule has 6 heteroatoms. The molecule has 0 aromatic carbocycles. The second-order valence-corrected chi connectivity index (χ2v) is 7.46. The van der Waals surface area contributed by atoms with E-state index in [9.17, 15) is 8.42 Å². The van der Waals surface area contributed by atoms with E-state index >= 15 is 0 Å². The minimum Gasteiger partial charge on any atom is -0.208 e. The highest BCUT2D eigenvalue weighted by Crippen LogP contribution is 2.33. The maximum Gasteiger partial charge on any atom is 0.250 e. The molecule has 0 amide bonds. The van der Waals surface area contributed by atoms with Gasteiger partial charge in [0.05, 0.1) is 0 Å². The molecule has 1 aromatic heterocycles. The minimum atomic E-state index is -3.45. The largest absolute Gasteiger partial charge is 0.250 e. The molecule has 1 unspecified atom stereocenters. The van der Waals surface area contributed by atoms with Crippen LogP contribution in [0.3, 0.4) is 0 Å². The molecule has 1 aliphatic carbocycles. The second-order valence-electron chi connectivity index (χ2n) is 4.43. The molecule has 0 saturated heterocycles. The smallest absolute Gasteiger partial charge is 0.208 e. The molecule has 1 fully saturated rings. The Hall–Kier alpha value is -0.900. The lowest BCUT2D eigenvalue weighted by molar-refractivity contribution is 0.531. The number of nitrogens with one attached hydrogen (secondary N) is 1. The average Bonchev–Trinajstić information content (AvgIpc) is 2.92. The predicted octanol–water partition coefficient (Wildman–Crippen LogP) is 2.09. The number of nitrogens with zero attached hydrogens (tertiary/aromatic N) is 1. The van der Waals surface area contributed by atoms with E-state index in [-0.39, 0.29) is 10.3 Å². The first-order valence-corrected chi connectivity index (χ1v) is 7.83. The highest BCUT2D eigenvalue weighted by atomic mass is 32.2. The third-order valence-corrected chi connectivity index (χ3v) is 5.77. The van der Waals surface area contributed by atoms with Gasteiger partial charge in [0, 0.05) is 6.04 Å². The SMILES string of the molecule is CC(CC1CC1)NS(=O)(=O)c1ccc(C#N)s1. The zero-order chi connectivity index (χ0) is 12.5. The molecule has 1 aromatic rings. The summed E-state index contributed by atoms with van der Waals surface area (Å²) in [5.74, 6) is 0.686. The Morgan fingerprint density at radius 1 is 1.59 bits per heavy atom. The monoisotopic (exact) mass is 270 g/mol. The van der Waals surface area contributed by atoms with E-state index in [0.717, 1.165) is 17.8 Å². The van der Waals surface area contributed by atoms with Crippen molar-refractivity contribution in [1.82, 2.24) is 4.72 Å². The lowest BCUT2D eigenvalue weighted by Gasteiger charge is -2.12. The second kappa shape index (κ2) is 4.77. The fourth-order valence-corrected chi connectivity index (χ4v) is 4.13. The van der Waals surface area contributed by atoms with Crippen LogP contribution in [-0.4, -0.2) is 14.5 Å². The van der Waals surface area contributed by atoms with Gasteiger partial charge in [0.1, 0.15) is 15.2 Å². The maximum absolute atomic E-state index is 12.0. The molecule has 0 spiro atoms. The topological polar surface area (TPSA) is 70.0 Å². The summed E-state index contributed by atoms with van der Waals surface area (Å²) in [5, 5.41) is 8.67. The zero-order valence-electron chi connectivity index (χ0n) is 9.51. The number of hydrogen-bond acceptors (Lipinski definition) is 4. The van der Waals surface area contributed by atoms with Crippen molar-refractivity contribution in [3.05, 3.63) is 17.0 Å². The average molecular weight is 270 g/mol. The molecule has 1 atom stereocenters. The van der Waals surface area contributed by atoms with E-state index in [2.05, 4.69) is 4.72 Å². The van der Waals surface area contributed by atoms with Crippen LogP contribution < -0.4 is 4.72 Å². The van der Waals surface area contributed by atoms with Gasteiger partial charge in [0.2, 0.25) is 10.0 Å². The van der Waals surface area contributed by atoms with E-state index < -0.39 is 10.0 Å². The fourth-order valence-electron chi connectivity index (χ4n) is 1.75. The maximum atomic E-state index is 12.0. The quantitative estimate of drug-likeness (QED) is 0.890. The summed E-state index contributed by atoms with van der Waals surface area (Å²) in [6.07, 6.45) is 3.32. The highest BCUT2D eigenvalue weighted by molar-refractivity contribution is 7.91. The van der Waals surface area contributed by atoms with E-state index in [4.69, 9.17) is 5.26 Å². The highest BCUT2D eigenvalue weighted by Gasteiger charge is 2.26. The van der Waals surface area contributed by atoms with Crippen LogP contribution in [0.4, 0.5) is 0 Å². The zero-order valence-corrected chi connectivity index (χ0v) is 11.1. The molecule has 0 radical (unpaired) electrons. The van der Waals surface area contributed by atoms with Gasteiger partial charge >= 0.3 is 0 Å². The van der Waals surface area contributed by atoms with Crippen LogP contribution in [0.2, 0.25) is 0 Å². The molecular weight excluding hydrogens is 256 g/mol. The molecular formula is C11H14N2O2S2. The Morgan fingerprint density at radius 3 is 2.82 bits per heavy atom. The standard InChI is InChI=1S/C11H14N2O2S2/c1-8(6-9-2-3-9)13-17(14,15)11-5-4-10(7-12)16-11/h4-5,8-9,13H,2-3,6H2,1H3. The van der Waals surface area contributed by atoms with E-state index in [1.54, 1.807) is 0 Å². The van der Waals surface area contributed by atoms with Crippen LogP contribution in [0.1, 0.15) is 31.1 Å². The lowest BCUT2D eigenvalue weighted by atomic mass is 10.2. The molecule has 0 aliphatic heterocycles. The Bertz CT molecular complexity index is 538. The number of sulfonamides is 1. The molecule has 1 aliphatic rings. The van der Waals surface area contributed by atoms with Gasteiger partial charge < -0.3 is 0 Å². The van der Waals surface area contributed by atoms with Crippen molar-refractivity contribution in [1.29, 1.82) is 5.26 Å². The summed E-state index contributed by atoms with van der Waals surface area (Å²) in [6, 6.07) is 4.91. The van der Waals surface area contributed by atoms with E-state index in [0.29, 0.717) is 10.8 Å². The summed E-state index contributed by atoms with van der Waals surface area (Å²) in [5.41, 5.74) is 0. The third kappa shape index (κ3) is 3.28. The van der Waals surface area contributed by atoms with Gasteiger partial charge in [-0.1, -0.05) is 12.8 Å². The summed E-state index contributed by atoms with van der Waals surface area (Å²) in [4.78, 5) is 0.417. The Kier molecular flexibility index (Phi) is 3.52. The number of hydrogen-bond donors (Lipinski definition) is 1. The molecule has 17 heavy (non-hydrogen) atoms. The summed E-state index contributed by atoms with van der Waals surface area (Å²) < 4.78 is 26.8. The van der Waals surface area contributed by atoms with Gasteiger partial charge in [-0.2, -0.15) is 5.26 Å². The first-order chi connectivity index (χ1) is 8.01. The third-order valence-electron chi connectivity index (χ3n) is 2.70. The Balaban J connectivity index is 2.04. The minimum absolute atomic E-state index is 0.0415. The first kappa shape index (κ1) is 12.6. The van der Waals surface area contributed by atoms with Crippen molar-refractivity contribution in [2.45, 2.75) is 36.4 Å². The van der Waals surface area contributed by atoms with Crippen LogP contribution in [0.25, 0.3) is 0 Å². The number of thiophene rings is 1. The summed E-state index contributed by atoms with van der Waals surface area (Å²) >= 11 is 1.00. The normalized spacial score (nSPS) is 17.6. The molecule has 1 heterocycles. The molecule has 1 saturated carbocycles. The van der Waals surface area contributed by atoms with Crippen LogP contribution in [0.5, 0.6) is 0 Å². The van der Waals surface area contributed by atoms with E-state index in [1.807, 2.05) is 13.0 Å². The molecule has 2 rings (SSSR count). The summed E-state index contributed by atoms with van der Waals surface area (Å²) in [6.45, 7) is 1.88. The van der Waals surface area contributed by atoms with Crippen molar-refractivity contribution in [2.75, 3.05) is 0 Å². The van der Waals surface area contributed by atoms with Gasteiger partial charge in [0.15, 0.2) is 0 Å². The van der Waals surface area contributed by atoms with Gasteiger partial charge in [0.25, 0.3) is 0 Å². The van der Waals surface area contributed by atoms with Crippen LogP contribution in [0.15, 0.2) is 16.3 Å². The van der Waals surface area contributed by atoms with Crippen LogP contribution in [-0.2, 0) is 10.0 Å².